The van der Waals surface area contributed by atoms with Crippen LogP contribution in [0.1, 0.15) is 33.6 Å². The van der Waals surface area contributed by atoms with Gasteiger partial charge in [0.2, 0.25) is 0 Å². The lowest BCUT2D eigenvalue weighted by molar-refractivity contribution is 0.0871. The van der Waals surface area contributed by atoms with Crippen molar-refractivity contribution < 1.29 is 4.74 Å². The molecule has 78 valence electrons. The van der Waals surface area contributed by atoms with Crippen molar-refractivity contribution in [1.29, 1.82) is 0 Å². The molecule has 2 atom stereocenters. The summed E-state index contributed by atoms with van der Waals surface area (Å²) in [6.45, 7) is 9.94. The molecule has 1 aliphatic rings. The van der Waals surface area contributed by atoms with Crippen molar-refractivity contribution in [2.45, 2.75) is 39.7 Å². The summed E-state index contributed by atoms with van der Waals surface area (Å²) in [6, 6.07) is 0. The largest absolute Gasteiger partial charge is 0.378 e. The smallest absolute Gasteiger partial charge is 0.0613 e. The van der Waals surface area contributed by atoms with Crippen molar-refractivity contribution in [1.82, 2.24) is 5.32 Å². The van der Waals surface area contributed by atoms with Crippen LogP contribution in [0, 0.1) is 11.8 Å². The minimum Gasteiger partial charge on any atom is -0.378 e. The van der Waals surface area contributed by atoms with Gasteiger partial charge >= 0.3 is 0 Å². The van der Waals surface area contributed by atoms with Gasteiger partial charge in [-0.2, -0.15) is 0 Å². The lowest BCUT2D eigenvalue weighted by Gasteiger charge is -2.17. The zero-order valence-corrected chi connectivity index (χ0v) is 9.18. The summed E-state index contributed by atoms with van der Waals surface area (Å²) in [7, 11) is 0. The van der Waals surface area contributed by atoms with E-state index in [1.165, 1.54) is 6.42 Å². The van der Waals surface area contributed by atoms with E-state index in [1.807, 2.05) is 0 Å². The first-order chi connectivity index (χ1) is 6.24. The van der Waals surface area contributed by atoms with Crippen LogP contribution in [0.5, 0.6) is 0 Å². The molecule has 0 radical (unpaired) electrons. The van der Waals surface area contributed by atoms with Crippen LogP contribution in [-0.2, 0) is 4.74 Å². The van der Waals surface area contributed by atoms with Crippen LogP contribution in [0.2, 0.25) is 0 Å². The minimum absolute atomic E-state index is 0.514. The quantitative estimate of drug-likeness (QED) is 0.708. The van der Waals surface area contributed by atoms with Gasteiger partial charge in [0.05, 0.1) is 6.10 Å². The van der Waals surface area contributed by atoms with E-state index < -0.39 is 0 Å². The molecule has 0 aromatic carbocycles. The predicted molar refractivity (Wildman–Crippen MR) is 55.8 cm³/mol. The number of hydrogen-bond acceptors (Lipinski definition) is 2. The maximum absolute atomic E-state index is 5.63. The predicted octanol–water partition coefficient (Wildman–Crippen LogP) is 2.05. The van der Waals surface area contributed by atoms with Crippen molar-refractivity contribution in [2.75, 3.05) is 19.7 Å². The summed E-state index contributed by atoms with van der Waals surface area (Å²) in [5.41, 5.74) is 0. The molecular formula is C11H23NO. The van der Waals surface area contributed by atoms with Crippen LogP contribution in [0.25, 0.3) is 0 Å². The molecule has 0 aromatic heterocycles. The number of nitrogens with one attached hydrogen (secondary N) is 1. The third-order valence-corrected chi connectivity index (χ3v) is 2.71. The van der Waals surface area contributed by atoms with Crippen molar-refractivity contribution in [2.24, 2.45) is 11.8 Å². The third-order valence-electron chi connectivity index (χ3n) is 2.71. The summed E-state index contributed by atoms with van der Waals surface area (Å²) < 4.78 is 5.63. The van der Waals surface area contributed by atoms with Gasteiger partial charge in [0.25, 0.3) is 0 Å². The van der Waals surface area contributed by atoms with Crippen LogP contribution < -0.4 is 5.32 Å². The first-order valence-corrected chi connectivity index (χ1v) is 5.56. The zero-order chi connectivity index (χ0) is 9.68. The Labute approximate surface area is 82.0 Å². The molecule has 0 amide bonds. The third kappa shape index (κ3) is 3.65. The van der Waals surface area contributed by atoms with Crippen LogP contribution >= 0.6 is 0 Å². The van der Waals surface area contributed by atoms with E-state index in [-0.39, 0.29) is 0 Å². The molecule has 2 heteroatoms. The van der Waals surface area contributed by atoms with Crippen molar-refractivity contribution in [3.63, 3.8) is 0 Å². The topological polar surface area (TPSA) is 21.3 Å². The monoisotopic (exact) mass is 185 g/mol. The van der Waals surface area contributed by atoms with Crippen molar-refractivity contribution in [3.8, 4) is 0 Å². The molecule has 2 nitrogen and oxygen atoms in total. The highest BCUT2D eigenvalue weighted by molar-refractivity contribution is 4.76. The van der Waals surface area contributed by atoms with Gasteiger partial charge in [0.1, 0.15) is 0 Å². The molecule has 0 aromatic rings. The standard InChI is InChI=1S/C11H23NO/c1-4-11-10(5-6-13-11)8-12-7-9(2)3/h9-12H,4-8H2,1-3H3. The fraction of sp³-hybridized carbons (Fsp3) is 1.00. The molecule has 0 saturated carbocycles. The van der Waals surface area contributed by atoms with Crippen LogP contribution in [0.4, 0.5) is 0 Å². The highest BCUT2D eigenvalue weighted by Gasteiger charge is 2.25. The lowest BCUT2D eigenvalue weighted by Crippen LogP contribution is -2.30. The van der Waals surface area contributed by atoms with Crippen LogP contribution in [-0.4, -0.2) is 25.8 Å². The Bertz CT molecular complexity index is 136. The highest BCUT2D eigenvalue weighted by Crippen LogP contribution is 2.22. The molecule has 2 unspecified atom stereocenters. The maximum Gasteiger partial charge on any atom is 0.0613 e. The number of rotatable bonds is 5. The number of ether oxygens (including phenoxy) is 1. The van der Waals surface area contributed by atoms with Gasteiger partial charge in [-0.25, -0.2) is 0 Å². The van der Waals surface area contributed by atoms with E-state index in [2.05, 4.69) is 26.1 Å². The zero-order valence-electron chi connectivity index (χ0n) is 9.18. The Balaban J connectivity index is 2.13. The highest BCUT2D eigenvalue weighted by atomic mass is 16.5. The SMILES string of the molecule is CCC1OCCC1CNCC(C)C. The van der Waals surface area contributed by atoms with E-state index in [9.17, 15) is 0 Å². The molecule has 1 N–H and O–H groups in total. The summed E-state index contributed by atoms with van der Waals surface area (Å²) in [5, 5.41) is 3.51. The van der Waals surface area contributed by atoms with Crippen LogP contribution in [0.3, 0.4) is 0 Å². The van der Waals surface area contributed by atoms with Gasteiger partial charge in [0.15, 0.2) is 0 Å². The second-order valence-corrected chi connectivity index (χ2v) is 4.42. The summed E-state index contributed by atoms with van der Waals surface area (Å²) in [6.07, 6.45) is 2.91. The Hall–Kier alpha value is -0.0800. The molecule has 1 saturated heterocycles. The normalized spacial score (nSPS) is 28.6. The second-order valence-electron chi connectivity index (χ2n) is 4.42. The molecule has 0 bridgehead atoms. The summed E-state index contributed by atoms with van der Waals surface area (Å²) in [4.78, 5) is 0. The Kier molecular flexibility index (Phi) is 4.74. The summed E-state index contributed by atoms with van der Waals surface area (Å²) >= 11 is 0. The van der Waals surface area contributed by atoms with Gasteiger partial charge in [-0.1, -0.05) is 20.8 Å². The van der Waals surface area contributed by atoms with E-state index in [0.29, 0.717) is 6.10 Å². The van der Waals surface area contributed by atoms with Gasteiger partial charge in [-0.05, 0) is 31.2 Å². The number of hydrogen-bond donors (Lipinski definition) is 1. The first kappa shape index (κ1) is 11.0. The molecule has 13 heavy (non-hydrogen) atoms. The summed E-state index contributed by atoms with van der Waals surface area (Å²) in [5.74, 6) is 1.51. The molecule has 0 spiro atoms. The van der Waals surface area contributed by atoms with E-state index in [4.69, 9.17) is 4.74 Å². The molecule has 1 aliphatic heterocycles. The Morgan fingerprint density at radius 3 is 2.85 bits per heavy atom. The Morgan fingerprint density at radius 1 is 1.46 bits per heavy atom. The first-order valence-electron chi connectivity index (χ1n) is 5.56. The lowest BCUT2D eigenvalue weighted by atomic mass is 9.99. The van der Waals surface area contributed by atoms with E-state index in [1.54, 1.807) is 0 Å². The molecule has 1 rings (SSSR count). The average molecular weight is 185 g/mol. The fourth-order valence-corrected chi connectivity index (χ4v) is 1.93. The minimum atomic E-state index is 0.514. The maximum atomic E-state index is 5.63. The molecule has 1 heterocycles. The van der Waals surface area contributed by atoms with E-state index in [0.717, 1.165) is 38.0 Å². The second kappa shape index (κ2) is 5.61. The van der Waals surface area contributed by atoms with E-state index >= 15 is 0 Å². The van der Waals surface area contributed by atoms with Crippen LogP contribution in [0.15, 0.2) is 0 Å². The van der Waals surface area contributed by atoms with Gasteiger partial charge < -0.3 is 10.1 Å². The van der Waals surface area contributed by atoms with Gasteiger partial charge in [0, 0.05) is 13.2 Å². The molecule has 1 fully saturated rings. The van der Waals surface area contributed by atoms with Gasteiger partial charge in [-0.3, -0.25) is 0 Å². The van der Waals surface area contributed by atoms with Crippen molar-refractivity contribution in [3.05, 3.63) is 0 Å². The average Bonchev–Trinajstić information content (AvgIpc) is 2.51. The van der Waals surface area contributed by atoms with Gasteiger partial charge in [-0.15, -0.1) is 0 Å². The fourth-order valence-electron chi connectivity index (χ4n) is 1.93. The van der Waals surface area contributed by atoms with Crippen molar-refractivity contribution >= 4 is 0 Å². The molecular weight excluding hydrogens is 162 g/mol. The Morgan fingerprint density at radius 2 is 2.23 bits per heavy atom. The molecule has 0 aliphatic carbocycles.